The Morgan fingerprint density at radius 1 is 1.40 bits per heavy atom. The number of carbonyl (C=O) groups excluding carboxylic acids is 2. The maximum Gasteiger partial charge on any atom is 0.224 e. The zero-order valence-electron chi connectivity index (χ0n) is 12.4. The molecule has 0 aliphatic carbocycles. The highest BCUT2D eigenvalue weighted by atomic mass is 16.2. The molecule has 2 amide bonds. The Morgan fingerprint density at radius 2 is 2.15 bits per heavy atom. The maximum absolute atomic E-state index is 12.1. The van der Waals surface area contributed by atoms with Gasteiger partial charge in [0.25, 0.3) is 0 Å². The Kier molecular flexibility index (Phi) is 4.42. The molecule has 0 radical (unpaired) electrons. The average molecular weight is 274 g/mol. The summed E-state index contributed by atoms with van der Waals surface area (Å²) in [6, 6.07) is 6.24. The molecule has 20 heavy (non-hydrogen) atoms. The Hall–Kier alpha value is -1.84. The summed E-state index contributed by atoms with van der Waals surface area (Å²) in [5.74, 6) is 0.191. The SMILES string of the molecule is Cc1ccc(C)c(CC(=O)NC2CCC(=O)N(C)C2)c1. The van der Waals surface area contributed by atoms with Crippen LogP contribution in [0.25, 0.3) is 0 Å². The van der Waals surface area contributed by atoms with E-state index in [1.165, 1.54) is 5.56 Å². The first-order valence-corrected chi connectivity index (χ1v) is 7.05. The van der Waals surface area contributed by atoms with Crippen LogP contribution in [-0.4, -0.2) is 36.3 Å². The summed E-state index contributed by atoms with van der Waals surface area (Å²) in [7, 11) is 1.78. The molecule has 1 aromatic rings. The molecule has 4 heteroatoms. The number of aryl methyl sites for hydroxylation is 2. The van der Waals surface area contributed by atoms with Crippen LogP contribution in [0.15, 0.2) is 18.2 Å². The molecule has 2 rings (SSSR count). The van der Waals surface area contributed by atoms with Crippen LogP contribution >= 0.6 is 0 Å². The third kappa shape index (κ3) is 3.59. The van der Waals surface area contributed by atoms with E-state index in [4.69, 9.17) is 0 Å². The van der Waals surface area contributed by atoms with Crippen molar-refractivity contribution in [2.75, 3.05) is 13.6 Å². The largest absolute Gasteiger partial charge is 0.351 e. The van der Waals surface area contributed by atoms with Gasteiger partial charge in [-0.2, -0.15) is 0 Å². The van der Waals surface area contributed by atoms with E-state index in [1.54, 1.807) is 11.9 Å². The first-order chi connectivity index (χ1) is 9.45. The van der Waals surface area contributed by atoms with Crippen molar-refractivity contribution in [1.29, 1.82) is 0 Å². The number of amides is 2. The summed E-state index contributed by atoms with van der Waals surface area (Å²) < 4.78 is 0. The highest BCUT2D eigenvalue weighted by Crippen LogP contribution is 2.13. The van der Waals surface area contributed by atoms with Gasteiger partial charge in [0.2, 0.25) is 11.8 Å². The summed E-state index contributed by atoms with van der Waals surface area (Å²) >= 11 is 0. The fourth-order valence-electron chi connectivity index (χ4n) is 2.57. The molecule has 0 bridgehead atoms. The van der Waals surface area contributed by atoms with E-state index >= 15 is 0 Å². The van der Waals surface area contributed by atoms with Crippen LogP contribution in [0.1, 0.15) is 29.5 Å². The second-order valence-electron chi connectivity index (χ2n) is 5.68. The van der Waals surface area contributed by atoms with Crippen LogP contribution in [0, 0.1) is 13.8 Å². The lowest BCUT2D eigenvalue weighted by molar-refractivity contribution is -0.133. The van der Waals surface area contributed by atoms with E-state index < -0.39 is 0 Å². The van der Waals surface area contributed by atoms with E-state index in [0.717, 1.165) is 17.5 Å². The van der Waals surface area contributed by atoms with Crippen LogP contribution < -0.4 is 5.32 Å². The summed E-state index contributed by atoms with van der Waals surface area (Å²) in [6.45, 7) is 4.66. The molecule has 1 heterocycles. The predicted octanol–water partition coefficient (Wildman–Crippen LogP) is 1.58. The molecule has 1 aromatic carbocycles. The number of nitrogens with one attached hydrogen (secondary N) is 1. The summed E-state index contributed by atoms with van der Waals surface area (Å²) in [5, 5.41) is 3.03. The lowest BCUT2D eigenvalue weighted by Gasteiger charge is -2.30. The molecule has 0 spiro atoms. The minimum atomic E-state index is 0.0337. The fraction of sp³-hybridized carbons (Fsp3) is 0.500. The van der Waals surface area contributed by atoms with Gasteiger partial charge in [-0.15, -0.1) is 0 Å². The van der Waals surface area contributed by atoms with Crippen molar-refractivity contribution >= 4 is 11.8 Å². The van der Waals surface area contributed by atoms with Crippen molar-refractivity contribution in [3.05, 3.63) is 34.9 Å². The van der Waals surface area contributed by atoms with Crippen molar-refractivity contribution in [2.24, 2.45) is 0 Å². The summed E-state index contributed by atoms with van der Waals surface area (Å²) in [4.78, 5) is 25.2. The van der Waals surface area contributed by atoms with Gasteiger partial charge >= 0.3 is 0 Å². The predicted molar refractivity (Wildman–Crippen MR) is 78.4 cm³/mol. The number of likely N-dealkylation sites (N-methyl/N-ethyl adjacent to an activating group) is 1. The number of rotatable bonds is 3. The Bertz CT molecular complexity index is 525. The molecule has 4 nitrogen and oxygen atoms in total. The van der Waals surface area contributed by atoms with Gasteiger partial charge in [-0.1, -0.05) is 23.8 Å². The van der Waals surface area contributed by atoms with E-state index in [0.29, 0.717) is 19.4 Å². The van der Waals surface area contributed by atoms with Gasteiger partial charge in [0.1, 0.15) is 0 Å². The number of piperidine rings is 1. The summed E-state index contributed by atoms with van der Waals surface area (Å²) in [5.41, 5.74) is 3.38. The molecule has 108 valence electrons. The molecule has 1 aliphatic heterocycles. The number of nitrogens with zero attached hydrogens (tertiary/aromatic N) is 1. The minimum absolute atomic E-state index is 0.0337. The molecule has 1 atom stereocenters. The zero-order chi connectivity index (χ0) is 14.7. The van der Waals surface area contributed by atoms with E-state index in [9.17, 15) is 9.59 Å². The molecule has 1 N–H and O–H groups in total. The van der Waals surface area contributed by atoms with Crippen LogP contribution in [0.5, 0.6) is 0 Å². The standard InChI is InChI=1S/C16H22N2O2/c1-11-4-5-12(2)13(8-11)9-15(19)17-14-6-7-16(20)18(3)10-14/h4-5,8,14H,6-7,9-10H2,1-3H3,(H,17,19). The van der Waals surface area contributed by atoms with Crippen LogP contribution in [0.3, 0.4) is 0 Å². The van der Waals surface area contributed by atoms with E-state index in [-0.39, 0.29) is 17.9 Å². The highest BCUT2D eigenvalue weighted by Gasteiger charge is 2.24. The maximum atomic E-state index is 12.1. The summed E-state index contributed by atoms with van der Waals surface area (Å²) in [6.07, 6.45) is 1.66. The normalized spacial score (nSPS) is 19.1. The number of benzene rings is 1. The van der Waals surface area contributed by atoms with Crippen molar-refractivity contribution in [2.45, 2.75) is 39.2 Å². The lowest BCUT2D eigenvalue weighted by Crippen LogP contribution is -2.48. The van der Waals surface area contributed by atoms with Crippen molar-refractivity contribution in [1.82, 2.24) is 10.2 Å². The van der Waals surface area contributed by atoms with Crippen LogP contribution in [-0.2, 0) is 16.0 Å². The van der Waals surface area contributed by atoms with Gasteiger partial charge < -0.3 is 10.2 Å². The molecule has 0 aromatic heterocycles. The second kappa shape index (κ2) is 6.07. The Balaban J connectivity index is 1.92. The third-order valence-corrected chi connectivity index (χ3v) is 3.85. The first kappa shape index (κ1) is 14.6. The molecular weight excluding hydrogens is 252 g/mol. The molecule has 0 saturated carbocycles. The van der Waals surface area contributed by atoms with Gasteiger partial charge in [0, 0.05) is 26.1 Å². The van der Waals surface area contributed by atoms with Gasteiger partial charge in [-0.05, 0) is 31.4 Å². The Labute approximate surface area is 120 Å². The van der Waals surface area contributed by atoms with Crippen molar-refractivity contribution in [3.8, 4) is 0 Å². The lowest BCUT2D eigenvalue weighted by atomic mass is 10.0. The number of likely N-dealkylation sites (tertiary alicyclic amines) is 1. The molecule has 1 unspecified atom stereocenters. The van der Waals surface area contributed by atoms with Crippen LogP contribution in [0.4, 0.5) is 0 Å². The van der Waals surface area contributed by atoms with Gasteiger partial charge in [0.05, 0.1) is 6.42 Å². The van der Waals surface area contributed by atoms with Gasteiger partial charge in [-0.25, -0.2) is 0 Å². The van der Waals surface area contributed by atoms with Crippen molar-refractivity contribution < 1.29 is 9.59 Å². The minimum Gasteiger partial charge on any atom is -0.351 e. The third-order valence-electron chi connectivity index (χ3n) is 3.85. The molecule has 1 saturated heterocycles. The quantitative estimate of drug-likeness (QED) is 0.910. The average Bonchev–Trinajstić information content (AvgIpc) is 2.38. The van der Waals surface area contributed by atoms with Crippen LogP contribution in [0.2, 0.25) is 0 Å². The second-order valence-corrected chi connectivity index (χ2v) is 5.68. The van der Waals surface area contributed by atoms with Gasteiger partial charge in [-0.3, -0.25) is 9.59 Å². The fourth-order valence-corrected chi connectivity index (χ4v) is 2.57. The molecule has 1 fully saturated rings. The monoisotopic (exact) mass is 274 g/mol. The molecular formula is C16H22N2O2. The smallest absolute Gasteiger partial charge is 0.224 e. The zero-order valence-corrected chi connectivity index (χ0v) is 12.4. The molecule has 1 aliphatic rings. The topological polar surface area (TPSA) is 49.4 Å². The first-order valence-electron chi connectivity index (χ1n) is 7.05. The van der Waals surface area contributed by atoms with E-state index in [2.05, 4.69) is 17.4 Å². The van der Waals surface area contributed by atoms with E-state index in [1.807, 2.05) is 19.9 Å². The van der Waals surface area contributed by atoms with Crippen molar-refractivity contribution in [3.63, 3.8) is 0 Å². The highest BCUT2D eigenvalue weighted by molar-refractivity contribution is 5.80. The Morgan fingerprint density at radius 3 is 2.85 bits per heavy atom. The number of hydrogen-bond acceptors (Lipinski definition) is 2. The number of hydrogen-bond donors (Lipinski definition) is 1. The number of carbonyl (C=O) groups is 2. The van der Waals surface area contributed by atoms with Gasteiger partial charge in [0.15, 0.2) is 0 Å².